The molecule has 3 heterocycles. The molecule has 2 amide bonds. The summed E-state index contributed by atoms with van der Waals surface area (Å²) >= 11 is 12.1. The van der Waals surface area contributed by atoms with E-state index in [1.54, 1.807) is 30.3 Å². The monoisotopic (exact) mass is 428 g/mol. The maximum atomic E-state index is 13.2. The van der Waals surface area contributed by atoms with Gasteiger partial charge in [-0.1, -0.05) is 17.7 Å². The van der Waals surface area contributed by atoms with Crippen LogP contribution in [0.25, 0.3) is 0 Å². The van der Waals surface area contributed by atoms with Crippen molar-refractivity contribution < 1.29 is 9.59 Å². The van der Waals surface area contributed by atoms with E-state index in [0.717, 1.165) is 31.5 Å². The Balaban J connectivity index is 1.58. The molecule has 1 aromatic heterocycles. The van der Waals surface area contributed by atoms with Crippen molar-refractivity contribution in [2.75, 3.05) is 16.8 Å². The molecule has 2 saturated heterocycles. The van der Waals surface area contributed by atoms with Gasteiger partial charge in [0.1, 0.15) is 11.2 Å². The quantitative estimate of drug-likeness (QED) is 0.743. The van der Waals surface area contributed by atoms with Gasteiger partial charge in [0.25, 0.3) is 11.8 Å². The number of aryl methyl sites for hydroxylation is 1. The van der Waals surface area contributed by atoms with Crippen LogP contribution < -0.4 is 10.2 Å². The zero-order chi connectivity index (χ0) is 20.8. The van der Waals surface area contributed by atoms with Crippen molar-refractivity contribution in [2.45, 2.75) is 38.6 Å². The SMILES string of the molecule is Cc1cccc(C(=O)Nc2ccc(N3C(=O)C4(C)CCCCN4C3=S)c(Cl)c2)n1. The summed E-state index contributed by atoms with van der Waals surface area (Å²) in [5, 5.41) is 3.62. The van der Waals surface area contributed by atoms with Gasteiger partial charge in [-0.2, -0.15) is 0 Å². The molecule has 8 heteroatoms. The molecule has 0 bridgehead atoms. The molecular formula is C21H21ClN4O2S. The van der Waals surface area contributed by atoms with Crippen LogP contribution in [0.3, 0.4) is 0 Å². The summed E-state index contributed by atoms with van der Waals surface area (Å²) in [6, 6.07) is 10.3. The van der Waals surface area contributed by atoms with Gasteiger partial charge in [-0.25, -0.2) is 4.98 Å². The Morgan fingerprint density at radius 3 is 2.76 bits per heavy atom. The average Bonchev–Trinajstić information content (AvgIpc) is 2.88. The average molecular weight is 429 g/mol. The van der Waals surface area contributed by atoms with Crippen LogP contribution in [0.1, 0.15) is 42.4 Å². The molecule has 0 spiro atoms. The van der Waals surface area contributed by atoms with Crippen molar-refractivity contribution in [2.24, 2.45) is 0 Å². The normalized spacial score (nSPS) is 21.3. The highest BCUT2D eigenvalue weighted by Crippen LogP contribution is 2.41. The lowest BCUT2D eigenvalue weighted by Crippen LogP contribution is -2.49. The molecule has 6 nitrogen and oxygen atoms in total. The number of pyridine rings is 1. The molecule has 150 valence electrons. The Kier molecular flexibility index (Phi) is 5.04. The van der Waals surface area contributed by atoms with Gasteiger partial charge in [-0.3, -0.25) is 14.5 Å². The summed E-state index contributed by atoms with van der Waals surface area (Å²) in [6.07, 6.45) is 2.79. The lowest BCUT2D eigenvalue weighted by atomic mass is 9.89. The van der Waals surface area contributed by atoms with Gasteiger partial charge in [-0.15, -0.1) is 0 Å². The largest absolute Gasteiger partial charge is 0.334 e. The smallest absolute Gasteiger partial charge is 0.274 e. The van der Waals surface area contributed by atoms with Gasteiger partial charge in [0, 0.05) is 17.9 Å². The predicted octanol–water partition coefficient (Wildman–Crippen LogP) is 4.17. The highest BCUT2D eigenvalue weighted by Gasteiger charge is 2.53. The number of rotatable bonds is 3. The van der Waals surface area contributed by atoms with Crippen LogP contribution in [0.4, 0.5) is 11.4 Å². The number of carbonyl (C=O) groups is 2. The number of thiocarbonyl (C=S) groups is 1. The number of benzene rings is 1. The minimum atomic E-state index is -0.609. The second-order valence-corrected chi connectivity index (χ2v) is 8.36. The number of hydrogen-bond acceptors (Lipinski definition) is 4. The minimum Gasteiger partial charge on any atom is -0.334 e. The molecule has 2 aliphatic heterocycles. The van der Waals surface area contributed by atoms with Crippen molar-refractivity contribution in [3.63, 3.8) is 0 Å². The fourth-order valence-corrected chi connectivity index (χ4v) is 4.68. The second kappa shape index (κ2) is 7.39. The molecule has 0 saturated carbocycles. The van der Waals surface area contributed by atoms with Crippen molar-refractivity contribution >= 4 is 52.1 Å². The van der Waals surface area contributed by atoms with Gasteiger partial charge in [0.15, 0.2) is 5.11 Å². The highest BCUT2D eigenvalue weighted by molar-refractivity contribution is 7.80. The first-order valence-electron chi connectivity index (χ1n) is 9.52. The molecule has 4 rings (SSSR count). The van der Waals surface area contributed by atoms with Crippen LogP contribution in [0.2, 0.25) is 5.02 Å². The van der Waals surface area contributed by atoms with E-state index in [1.165, 1.54) is 4.90 Å². The number of amides is 2. The van der Waals surface area contributed by atoms with Gasteiger partial charge in [0.05, 0.1) is 10.7 Å². The van der Waals surface area contributed by atoms with E-state index in [9.17, 15) is 9.59 Å². The van der Waals surface area contributed by atoms with E-state index in [4.69, 9.17) is 23.8 Å². The Bertz CT molecular complexity index is 1030. The van der Waals surface area contributed by atoms with Gasteiger partial charge >= 0.3 is 0 Å². The topological polar surface area (TPSA) is 65.5 Å². The zero-order valence-corrected chi connectivity index (χ0v) is 17.8. The molecule has 2 aromatic rings. The lowest BCUT2D eigenvalue weighted by Gasteiger charge is -2.36. The zero-order valence-electron chi connectivity index (χ0n) is 16.2. The van der Waals surface area contributed by atoms with E-state index < -0.39 is 5.54 Å². The third kappa shape index (κ3) is 3.38. The van der Waals surface area contributed by atoms with E-state index >= 15 is 0 Å². The Morgan fingerprint density at radius 2 is 2.07 bits per heavy atom. The van der Waals surface area contributed by atoms with E-state index in [2.05, 4.69) is 10.3 Å². The molecular weight excluding hydrogens is 408 g/mol. The summed E-state index contributed by atoms with van der Waals surface area (Å²) in [5.41, 5.74) is 1.53. The Labute approximate surface area is 179 Å². The molecule has 2 fully saturated rings. The van der Waals surface area contributed by atoms with Gasteiger partial charge in [-0.05, 0) is 75.7 Å². The maximum Gasteiger partial charge on any atom is 0.274 e. The van der Waals surface area contributed by atoms with Crippen molar-refractivity contribution in [1.82, 2.24) is 9.88 Å². The van der Waals surface area contributed by atoms with Crippen LogP contribution in [-0.2, 0) is 4.79 Å². The fourth-order valence-electron chi connectivity index (χ4n) is 3.94. The molecule has 1 N–H and O–H groups in total. The third-order valence-corrected chi connectivity index (χ3v) is 6.25. The molecule has 2 aliphatic rings. The van der Waals surface area contributed by atoms with Crippen molar-refractivity contribution in [1.29, 1.82) is 0 Å². The summed E-state index contributed by atoms with van der Waals surface area (Å²) in [6.45, 7) is 4.54. The van der Waals surface area contributed by atoms with E-state index in [0.29, 0.717) is 27.2 Å². The molecule has 0 radical (unpaired) electrons. The number of piperidine rings is 1. The summed E-state index contributed by atoms with van der Waals surface area (Å²) in [7, 11) is 0. The number of anilines is 2. The van der Waals surface area contributed by atoms with Crippen LogP contribution in [-0.4, -0.2) is 38.9 Å². The molecule has 1 atom stereocenters. The molecule has 0 aliphatic carbocycles. The third-order valence-electron chi connectivity index (χ3n) is 5.54. The number of nitrogens with one attached hydrogen (secondary N) is 1. The second-order valence-electron chi connectivity index (χ2n) is 7.59. The number of nitrogens with zero attached hydrogens (tertiary/aromatic N) is 3. The Morgan fingerprint density at radius 1 is 1.28 bits per heavy atom. The van der Waals surface area contributed by atoms with E-state index in [1.807, 2.05) is 24.8 Å². The van der Waals surface area contributed by atoms with Crippen molar-refractivity contribution in [3.8, 4) is 0 Å². The highest BCUT2D eigenvalue weighted by atomic mass is 35.5. The van der Waals surface area contributed by atoms with Crippen LogP contribution in [0.5, 0.6) is 0 Å². The molecule has 1 unspecified atom stereocenters. The summed E-state index contributed by atoms with van der Waals surface area (Å²) < 4.78 is 0. The number of halogens is 1. The van der Waals surface area contributed by atoms with E-state index in [-0.39, 0.29) is 11.8 Å². The first kappa shape index (κ1) is 19.8. The number of fused-ring (bicyclic) bond motifs is 1. The lowest BCUT2D eigenvalue weighted by molar-refractivity contribution is -0.125. The maximum absolute atomic E-state index is 13.2. The van der Waals surface area contributed by atoms with Crippen LogP contribution in [0.15, 0.2) is 36.4 Å². The van der Waals surface area contributed by atoms with Crippen LogP contribution >= 0.6 is 23.8 Å². The number of hydrogen-bond donors (Lipinski definition) is 1. The minimum absolute atomic E-state index is 0.0511. The predicted molar refractivity (Wildman–Crippen MR) is 117 cm³/mol. The van der Waals surface area contributed by atoms with Crippen LogP contribution in [0, 0.1) is 6.92 Å². The number of aromatic nitrogens is 1. The first-order chi connectivity index (χ1) is 13.8. The van der Waals surface area contributed by atoms with Gasteiger partial charge < -0.3 is 10.2 Å². The Hall–Kier alpha value is -2.51. The van der Waals surface area contributed by atoms with Gasteiger partial charge in [0.2, 0.25) is 0 Å². The first-order valence-corrected chi connectivity index (χ1v) is 10.3. The van der Waals surface area contributed by atoms with Crippen molar-refractivity contribution in [3.05, 3.63) is 52.8 Å². The fraction of sp³-hybridized carbons (Fsp3) is 0.333. The molecule has 1 aromatic carbocycles. The standard InChI is InChI=1S/C21H21ClN4O2S/c1-13-6-5-7-16(23-13)18(27)24-14-8-9-17(15(22)12-14)26-19(28)21(2)10-3-4-11-25(21)20(26)29/h5-9,12H,3-4,10-11H2,1-2H3,(H,24,27). The number of carbonyl (C=O) groups excluding carboxylic acids is 2. The summed E-state index contributed by atoms with van der Waals surface area (Å²) in [4.78, 5) is 33.3. The molecule has 29 heavy (non-hydrogen) atoms. The summed E-state index contributed by atoms with van der Waals surface area (Å²) in [5.74, 6) is -0.375.